The Labute approximate surface area is 112 Å². The minimum atomic E-state index is 0.417. The Morgan fingerprint density at radius 1 is 1.42 bits per heavy atom. The molecule has 1 unspecified atom stereocenters. The van der Waals surface area contributed by atoms with E-state index in [9.17, 15) is 5.26 Å². The molecule has 2 aromatic rings. The molecule has 1 aliphatic rings. The highest BCUT2D eigenvalue weighted by Gasteiger charge is 2.22. The van der Waals surface area contributed by atoms with E-state index in [1.807, 2.05) is 37.4 Å². The van der Waals surface area contributed by atoms with E-state index in [1.54, 1.807) is 0 Å². The van der Waals surface area contributed by atoms with E-state index in [4.69, 9.17) is 0 Å². The van der Waals surface area contributed by atoms with Crippen LogP contribution in [0.3, 0.4) is 0 Å². The fraction of sp³-hybridized carbons (Fsp3) is 0.333. The van der Waals surface area contributed by atoms with Gasteiger partial charge in [-0.15, -0.1) is 0 Å². The fourth-order valence-corrected chi connectivity index (χ4v) is 2.60. The highest BCUT2D eigenvalue weighted by atomic mass is 15.2. The van der Waals surface area contributed by atoms with Gasteiger partial charge in [-0.1, -0.05) is 18.2 Å². The van der Waals surface area contributed by atoms with E-state index >= 15 is 0 Å². The van der Waals surface area contributed by atoms with Crippen molar-refractivity contribution in [2.24, 2.45) is 0 Å². The Bertz CT molecular complexity index is 638. The maximum atomic E-state index is 9.34. The van der Waals surface area contributed by atoms with Crippen LogP contribution in [0.4, 0.5) is 5.82 Å². The summed E-state index contributed by atoms with van der Waals surface area (Å²) in [5, 5.41) is 13.7. The van der Waals surface area contributed by atoms with Gasteiger partial charge in [-0.25, -0.2) is 4.98 Å². The van der Waals surface area contributed by atoms with Crippen LogP contribution in [0.1, 0.15) is 12.0 Å². The molecular weight excluding hydrogens is 236 g/mol. The molecule has 4 heteroatoms. The normalized spacial score (nSPS) is 18.4. The van der Waals surface area contributed by atoms with Crippen molar-refractivity contribution in [3.8, 4) is 6.07 Å². The summed E-state index contributed by atoms with van der Waals surface area (Å²) >= 11 is 0. The van der Waals surface area contributed by atoms with Crippen LogP contribution in [0.15, 0.2) is 30.3 Å². The molecule has 3 rings (SSSR count). The summed E-state index contributed by atoms with van der Waals surface area (Å²) in [7, 11) is 2.02. The molecule has 1 N–H and O–H groups in total. The molecule has 1 fully saturated rings. The van der Waals surface area contributed by atoms with Crippen molar-refractivity contribution in [1.82, 2.24) is 10.3 Å². The maximum absolute atomic E-state index is 9.34. The first kappa shape index (κ1) is 11.9. The van der Waals surface area contributed by atoms with Gasteiger partial charge < -0.3 is 10.2 Å². The number of nitrogens with one attached hydrogen (secondary N) is 1. The van der Waals surface area contributed by atoms with Crippen molar-refractivity contribution in [3.05, 3.63) is 35.9 Å². The molecule has 2 heterocycles. The van der Waals surface area contributed by atoms with Gasteiger partial charge in [-0.3, -0.25) is 0 Å². The minimum absolute atomic E-state index is 0.417. The van der Waals surface area contributed by atoms with Crippen LogP contribution in [0.25, 0.3) is 10.9 Å². The smallest absolute Gasteiger partial charge is 0.147 e. The van der Waals surface area contributed by atoms with Crippen molar-refractivity contribution in [1.29, 1.82) is 5.26 Å². The van der Waals surface area contributed by atoms with Gasteiger partial charge in [0.05, 0.1) is 11.1 Å². The number of nitriles is 1. The lowest BCUT2D eigenvalue weighted by Gasteiger charge is -2.25. The standard InChI is InChI=1S/C15H16N4/c1-19(13-6-7-17-10-13)15-12(9-16)8-11-4-2-3-5-14(11)18-15/h2-5,8,13,17H,6-7,10H2,1H3. The van der Waals surface area contributed by atoms with Crippen LogP contribution in [-0.2, 0) is 0 Å². The molecular formula is C15H16N4. The zero-order valence-electron chi connectivity index (χ0n) is 10.9. The summed E-state index contributed by atoms with van der Waals surface area (Å²) in [6.07, 6.45) is 1.09. The predicted octanol–water partition coefficient (Wildman–Crippen LogP) is 1.90. The Morgan fingerprint density at radius 3 is 3.00 bits per heavy atom. The quantitative estimate of drug-likeness (QED) is 0.887. The van der Waals surface area contributed by atoms with Crippen molar-refractivity contribution < 1.29 is 0 Å². The number of pyridine rings is 1. The van der Waals surface area contributed by atoms with Gasteiger partial charge in [-0.2, -0.15) is 5.26 Å². The van der Waals surface area contributed by atoms with Gasteiger partial charge in [0.15, 0.2) is 0 Å². The van der Waals surface area contributed by atoms with Crippen molar-refractivity contribution in [2.45, 2.75) is 12.5 Å². The van der Waals surface area contributed by atoms with Crippen LogP contribution in [0.2, 0.25) is 0 Å². The number of para-hydroxylation sites is 1. The number of likely N-dealkylation sites (N-methyl/N-ethyl adjacent to an activating group) is 1. The second-order valence-electron chi connectivity index (χ2n) is 4.92. The average molecular weight is 252 g/mol. The van der Waals surface area contributed by atoms with Gasteiger partial charge in [0, 0.05) is 25.0 Å². The highest BCUT2D eigenvalue weighted by Crippen LogP contribution is 2.24. The van der Waals surface area contributed by atoms with Crippen LogP contribution in [-0.4, -0.2) is 31.2 Å². The molecule has 0 saturated carbocycles. The molecule has 0 spiro atoms. The van der Waals surface area contributed by atoms with Crippen LogP contribution in [0, 0.1) is 11.3 Å². The molecule has 1 aliphatic heterocycles. The summed E-state index contributed by atoms with van der Waals surface area (Å²) in [6.45, 7) is 1.99. The van der Waals surface area contributed by atoms with Crippen LogP contribution in [0.5, 0.6) is 0 Å². The molecule has 0 radical (unpaired) electrons. The summed E-state index contributed by atoms with van der Waals surface area (Å²) in [6, 6.07) is 12.5. The Hall–Kier alpha value is -2.12. The third-order valence-electron chi connectivity index (χ3n) is 3.74. The number of aromatic nitrogens is 1. The Balaban J connectivity index is 2.08. The topological polar surface area (TPSA) is 52.0 Å². The van der Waals surface area contributed by atoms with E-state index in [-0.39, 0.29) is 0 Å². The van der Waals surface area contributed by atoms with Crippen LogP contribution >= 0.6 is 0 Å². The molecule has 1 aromatic carbocycles. The van der Waals surface area contributed by atoms with E-state index in [0.717, 1.165) is 36.2 Å². The zero-order valence-corrected chi connectivity index (χ0v) is 10.9. The Morgan fingerprint density at radius 2 is 2.26 bits per heavy atom. The number of fused-ring (bicyclic) bond motifs is 1. The molecule has 0 bridgehead atoms. The fourth-order valence-electron chi connectivity index (χ4n) is 2.60. The van der Waals surface area contributed by atoms with E-state index in [1.165, 1.54) is 0 Å². The highest BCUT2D eigenvalue weighted by molar-refractivity contribution is 5.83. The number of benzene rings is 1. The lowest BCUT2D eigenvalue weighted by Crippen LogP contribution is -2.34. The monoisotopic (exact) mass is 252 g/mol. The van der Waals surface area contributed by atoms with Gasteiger partial charge in [-0.05, 0) is 25.1 Å². The molecule has 96 valence electrons. The predicted molar refractivity (Wildman–Crippen MR) is 76.1 cm³/mol. The molecule has 19 heavy (non-hydrogen) atoms. The number of rotatable bonds is 2. The Kier molecular flexibility index (Phi) is 3.06. The van der Waals surface area contributed by atoms with Gasteiger partial charge >= 0.3 is 0 Å². The first-order chi connectivity index (χ1) is 9.29. The second kappa shape index (κ2) is 4.87. The number of nitrogens with zero attached hydrogens (tertiary/aromatic N) is 3. The van der Waals surface area contributed by atoms with Crippen molar-refractivity contribution in [2.75, 3.05) is 25.0 Å². The zero-order chi connectivity index (χ0) is 13.2. The average Bonchev–Trinajstić information content (AvgIpc) is 2.99. The molecule has 1 saturated heterocycles. The molecule has 0 aliphatic carbocycles. The van der Waals surface area contributed by atoms with Gasteiger partial charge in [0.2, 0.25) is 0 Å². The summed E-state index contributed by atoms with van der Waals surface area (Å²) < 4.78 is 0. The summed E-state index contributed by atoms with van der Waals surface area (Å²) in [5.74, 6) is 0.787. The van der Waals surface area contributed by atoms with Crippen LogP contribution < -0.4 is 10.2 Å². The van der Waals surface area contributed by atoms with Crippen molar-refractivity contribution in [3.63, 3.8) is 0 Å². The van der Waals surface area contributed by atoms with E-state index in [2.05, 4.69) is 21.3 Å². The second-order valence-corrected chi connectivity index (χ2v) is 4.92. The minimum Gasteiger partial charge on any atom is -0.354 e. The largest absolute Gasteiger partial charge is 0.354 e. The van der Waals surface area contributed by atoms with Crippen molar-refractivity contribution >= 4 is 16.7 Å². The van der Waals surface area contributed by atoms with E-state index < -0.39 is 0 Å². The van der Waals surface area contributed by atoms with Gasteiger partial charge in [0.25, 0.3) is 0 Å². The molecule has 1 atom stereocenters. The SMILES string of the molecule is CN(c1nc2ccccc2cc1C#N)C1CCNC1. The first-order valence-electron chi connectivity index (χ1n) is 6.53. The third kappa shape index (κ3) is 2.13. The lowest BCUT2D eigenvalue weighted by molar-refractivity contribution is 0.678. The maximum Gasteiger partial charge on any atom is 0.147 e. The van der Waals surface area contributed by atoms with E-state index in [0.29, 0.717) is 11.6 Å². The van der Waals surface area contributed by atoms with Gasteiger partial charge in [0.1, 0.15) is 11.9 Å². The number of hydrogen-bond acceptors (Lipinski definition) is 4. The number of anilines is 1. The number of hydrogen-bond donors (Lipinski definition) is 1. The third-order valence-corrected chi connectivity index (χ3v) is 3.74. The lowest BCUT2D eigenvalue weighted by atomic mass is 10.1. The first-order valence-corrected chi connectivity index (χ1v) is 6.53. The molecule has 4 nitrogen and oxygen atoms in total. The summed E-state index contributed by atoms with van der Waals surface area (Å²) in [4.78, 5) is 6.80. The molecule has 0 amide bonds. The molecule has 1 aromatic heterocycles. The summed E-state index contributed by atoms with van der Waals surface area (Å²) in [5.41, 5.74) is 1.59.